The molecule has 2 rings (SSSR count). The van der Waals surface area contributed by atoms with Gasteiger partial charge in [-0.05, 0) is 24.6 Å². The first kappa shape index (κ1) is 14.3. The molecule has 0 spiro atoms. The normalized spacial score (nSPS) is 15.7. The van der Waals surface area contributed by atoms with Crippen molar-refractivity contribution in [3.63, 3.8) is 0 Å². The lowest BCUT2D eigenvalue weighted by atomic mass is 10.0. The first-order valence-electron chi connectivity index (χ1n) is 6.04. The van der Waals surface area contributed by atoms with Gasteiger partial charge in [0.1, 0.15) is 12.3 Å². The maximum absolute atomic E-state index is 11.5. The molecule has 0 aromatic heterocycles. The lowest BCUT2D eigenvalue weighted by Crippen LogP contribution is -2.18. The molecule has 104 valence electrons. The Morgan fingerprint density at radius 3 is 3.15 bits per heavy atom. The number of carbonyl (C=O) groups is 1. The number of halogens is 1. The van der Waals surface area contributed by atoms with Crippen molar-refractivity contribution in [2.24, 2.45) is 10.1 Å². The van der Waals surface area contributed by atoms with E-state index in [1.165, 1.54) is 6.08 Å². The number of benzene rings is 1. The maximum Gasteiger partial charge on any atom is 0.434 e. The van der Waals surface area contributed by atoms with Crippen LogP contribution in [0.5, 0.6) is 0 Å². The second-order valence-corrected chi connectivity index (χ2v) is 4.59. The van der Waals surface area contributed by atoms with E-state index in [-0.39, 0.29) is 6.61 Å². The molecule has 5 nitrogen and oxygen atoms in total. The molecule has 0 saturated heterocycles. The highest BCUT2D eigenvalue weighted by Crippen LogP contribution is 2.18. The summed E-state index contributed by atoms with van der Waals surface area (Å²) in [5, 5.41) is 4.84. The summed E-state index contributed by atoms with van der Waals surface area (Å²) in [5.41, 5.74) is 5.77. The minimum Gasteiger partial charge on any atom is -0.444 e. The van der Waals surface area contributed by atoms with Gasteiger partial charge < -0.3 is 10.2 Å². The number of aliphatic imine (C=N–C) groups is 1. The molecule has 1 aromatic carbocycles. The van der Waals surface area contributed by atoms with Crippen molar-refractivity contribution in [1.82, 2.24) is 5.43 Å². The SMILES string of the molecule is C=CCOC(=O)N=C1CNN=C1c1ccc(Cl)c(C)c1. The predicted octanol–water partition coefficient (Wildman–Crippen LogP) is 2.72. The van der Waals surface area contributed by atoms with Gasteiger partial charge in [-0.15, -0.1) is 0 Å². The summed E-state index contributed by atoms with van der Waals surface area (Å²) in [6, 6.07) is 5.53. The third kappa shape index (κ3) is 3.24. The Labute approximate surface area is 122 Å². The highest BCUT2D eigenvalue weighted by atomic mass is 35.5. The summed E-state index contributed by atoms with van der Waals surface area (Å²) in [6.07, 6.45) is 0.838. The minimum atomic E-state index is -0.651. The van der Waals surface area contributed by atoms with Crippen LogP contribution in [0.3, 0.4) is 0 Å². The topological polar surface area (TPSA) is 63.0 Å². The van der Waals surface area contributed by atoms with Crippen LogP contribution in [0.1, 0.15) is 11.1 Å². The van der Waals surface area contributed by atoms with Gasteiger partial charge in [0.15, 0.2) is 0 Å². The van der Waals surface area contributed by atoms with E-state index < -0.39 is 6.09 Å². The van der Waals surface area contributed by atoms with Crippen molar-refractivity contribution in [3.8, 4) is 0 Å². The van der Waals surface area contributed by atoms with Crippen LogP contribution in [0, 0.1) is 6.92 Å². The summed E-state index contributed by atoms with van der Waals surface area (Å²) in [5.74, 6) is 0. The standard InChI is InChI=1S/C14H14ClN3O2/c1-3-6-20-14(19)17-12-8-16-18-13(12)10-4-5-11(15)9(2)7-10/h3-5,7,16H,1,6,8H2,2H3. The number of amides is 1. The molecule has 0 saturated carbocycles. The van der Waals surface area contributed by atoms with E-state index in [1.807, 2.05) is 19.1 Å². The Morgan fingerprint density at radius 1 is 1.65 bits per heavy atom. The van der Waals surface area contributed by atoms with Gasteiger partial charge >= 0.3 is 6.09 Å². The van der Waals surface area contributed by atoms with Crippen LogP contribution in [0.25, 0.3) is 0 Å². The lowest BCUT2D eigenvalue weighted by molar-refractivity contribution is 0.170. The van der Waals surface area contributed by atoms with Gasteiger partial charge in [-0.3, -0.25) is 0 Å². The second-order valence-electron chi connectivity index (χ2n) is 4.18. The van der Waals surface area contributed by atoms with Gasteiger partial charge in [0, 0.05) is 10.6 Å². The van der Waals surface area contributed by atoms with E-state index in [4.69, 9.17) is 16.3 Å². The molecular weight excluding hydrogens is 278 g/mol. The van der Waals surface area contributed by atoms with E-state index in [1.54, 1.807) is 6.07 Å². The highest BCUT2D eigenvalue weighted by Gasteiger charge is 2.19. The summed E-state index contributed by atoms with van der Waals surface area (Å²) in [7, 11) is 0. The second kappa shape index (κ2) is 6.34. The van der Waals surface area contributed by atoms with E-state index in [9.17, 15) is 4.79 Å². The molecule has 1 aliphatic rings. The monoisotopic (exact) mass is 291 g/mol. The fourth-order valence-electron chi connectivity index (χ4n) is 1.73. The number of nitrogens with zero attached hydrogens (tertiary/aromatic N) is 2. The molecule has 1 aromatic rings. The number of rotatable bonds is 3. The van der Waals surface area contributed by atoms with Gasteiger partial charge in [-0.1, -0.05) is 30.3 Å². The fraction of sp³-hybridized carbons (Fsp3) is 0.214. The summed E-state index contributed by atoms with van der Waals surface area (Å²) >= 11 is 6.00. The molecular formula is C14H14ClN3O2. The lowest BCUT2D eigenvalue weighted by Gasteiger charge is -2.04. The van der Waals surface area contributed by atoms with Gasteiger partial charge in [0.25, 0.3) is 0 Å². The summed E-state index contributed by atoms with van der Waals surface area (Å²) in [6.45, 7) is 5.90. The first-order valence-corrected chi connectivity index (χ1v) is 6.42. The van der Waals surface area contributed by atoms with E-state index in [0.717, 1.165) is 11.1 Å². The number of hydrogen-bond acceptors (Lipinski definition) is 4. The van der Waals surface area contributed by atoms with Gasteiger partial charge in [-0.2, -0.15) is 10.1 Å². The Morgan fingerprint density at radius 2 is 2.45 bits per heavy atom. The van der Waals surface area contributed by atoms with Crippen LogP contribution < -0.4 is 5.43 Å². The van der Waals surface area contributed by atoms with Crippen molar-refractivity contribution < 1.29 is 9.53 Å². The molecule has 0 unspecified atom stereocenters. The molecule has 0 aliphatic carbocycles. The van der Waals surface area contributed by atoms with Crippen LogP contribution in [-0.4, -0.2) is 30.7 Å². The van der Waals surface area contributed by atoms with E-state index >= 15 is 0 Å². The van der Waals surface area contributed by atoms with E-state index in [0.29, 0.717) is 23.0 Å². The zero-order chi connectivity index (χ0) is 14.5. The van der Waals surface area contributed by atoms with Crippen molar-refractivity contribution in [1.29, 1.82) is 0 Å². The van der Waals surface area contributed by atoms with Crippen molar-refractivity contribution in [2.75, 3.05) is 13.2 Å². The number of hydrazone groups is 1. The Balaban J connectivity index is 2.22. The van der Waals surface area contributed by atoms with Crippen molar-refractivity contribution >= 4 is 29.1 Å². The molecule has 1 heterocycles. The van der Waals surface area contributed by atoms with Crippen molar-refractivity contribution in [3.05, 3.63) is 47.0 Å². The van der Waals surface area contributed by atoms with Crippen LogP contribution >= 0.6 is 11.6 Å². The average molecular weight is 292 g/mol. The highest BCUT2D eigenvalue weighted by molar-refractivity contribution is 6.51. The Hall–Kier alpha value is -2.14. The third-order valence-electron chi connectivity index (χ3n) is 2.69. The van der Waals surface area contributed by atoms with Crippen molar-refractivity contribution in [2.45, 2.75) is 6.92 Å². The largest absolute Gasteiger partial charge is 0.444 e. The van der Waals surface area contributed by atoms with Gasteiger partial charge in [0.2, 0.25) is 0 Å². The molecule has 0 atom stereocenters. The van der Waals surface area contributed by atoms with Gasteiger partial charge in [-0.25, -0.2) is 4.79 Å². The molecule has 1 amide bonds. The van der Waals surface area contributed by atoms with Crippen LogP contribution in [0.2, 0.25) is 5.02 Å². The van der Waals surface area contributed by atoms with Gasteiger partial charge in [0.05, 0.1) is 12.3 Å². The maximum atomic E-state index is 11.5. The van der Waals surface area contributed by atoms with Crippen LogP contribution in [0.4, 0.5) is 4.79 Å². The van der Waals surface area contributed by atoms with E-state index in [2.05, 4.69) is 22.1 Å². The number of nitrogens with one attached hydrogen (secondary N) is 1. The molecule has 6 heteroatoms. The first-order chi connectivity index (χ1) is 9.61. The Kier molecular flexibility index (Phi) is 4.53. The quantitative estimate of drug-likeness (QED) is 0.871. The number of ether oxygens (including phenoxy) is 1. The van der Waals surface area contributed by atoms with Crippen LogP contribution in [-0.2, 0) is 4.74 Å². The Bertz CT molecular complexity index is 608. The molecule has 1 aliphatic heterocycles. The minimum absolute atomic E-state index is 0.134. The van der Waals surface area contributed by atoms with Crippen LogP contribution in [0.15, 0.2) is 40.9 Å². The third-order valence-corrected chi connectivity index (χ3v) is 3.12. The fourth-order valence-corrected chi connectivity index (χ4v) is 1.85. The molecule has 0 bridgehead atoms. The summed E-state index contributed by atoms with van der Waals surface area (Å²) < 4.78 is 4.83. The zero-order valence-corrected chi connectivity index (χ0v) is 11.8. The predicted molar refractivity (Wildman–Crippen MR) is 79.7 cm³/mol. The smallest absolute Gasteiger partial charge is 0.434 e. The number of hydrogen-bond donors (Lipinski definition) is 1. The molecule has 20 heavy (non-hydrogen) atoms. The molecule has 0 radical (unpaired) electrons. The zero-order valence-electron chi connectivity index (χ0n) is 11.0. The number of carbonyl (C=O) groups excluding carboxylic acids is 1. The summed E-state index contributed by atoms with van der Waals surface area (Å²) in [4.78, 5) is 15.4. The number of aryl methyl sites for hydroxylation is 1. The molecule has 1 N–H and O–H groups in total. The molecule has 0 fully saturated rings. The average Bonchev–Trinajstić information content (AvgIpc) is 2.87.